The second kappa shape index (κ2) is 9.21. The molecular weight excluding hydrogens is 366 g/mol. The van der Waals surface area contributed by atoms with Crippen molar-refractivity contribution in [2.45, 2.75) is 25.4 Å². The van der Waals surface area contributed by atoms with Crippen LogP contribution in [0, 0.1) is 0 Å². The number of benzene rings is 2. The third-order valence-electron chi connectivity index (χ3n) is 4.58. The van der Waals surface area contributed by atoms with Crippen LogP contribution in [0.15, 0.2) is 48.5 Å². The van der Waals surface area contributed by atoms with Crippen molar-refractivity contribution < 1.29 is 4.74 Å². The maximum absolute atomic E-state index is 6.07. The highest BCUT2D eigenvalue weighted by molar-refractivity contribution is 7.80. The van der Waals surface area contributed by atoms with Gasteiger partial charge in [-0.05, 0) is 48.8 Å². The van der Waals surface area contributed by atoms with Crippen LogP contribution in [0.1, 0.15) is 18.4 Å². The van der Waals surface area contributed by atoms with E-state index in [1.54, 1.807) is 13.2 Å². The Balaban J connectivity index is 1.47. The molecule has 0 unspecified atom stereocenters. The first-order valence-corrected chi connectivity index (χ1v) is 9.60. The fourth-order valence-corrected chi connectivity index (χ4v) is 3.65. The molecule has 6 heteroatoms. The third-order valence-corrected chi connectivity index (χ3v) is 5.04. The average molecular weight is 390 g/mol. The number of rotatable bonds is 5. The summed E-state index contributed by atoms with van der Waals surface area (Å²) in [6, 6.07) is 16.4. The number of piperidine rings is 1. The molecule has 0 amide bonds. The Labute approximate surface area is 165 Å². The lowest BCUT2D eigenvalue weighted by molar-refractivity contribution is 0.199. The smallest absolute Gasteiger partial charge is 0.171 e. The van der Waals surface area contributed by atoms with Crippen molar-refractivity contribution in [1.29, 1.82) is 0 Å². The molecule has 0 aromatic heterocycles. The van der Waals surface area contributed by atoms with Gasteiger partial charge >= 0.3 is 0 Å². The number of anilines is 1. The first-order valence-electron chi connectivity index (χ1n) is 8.81. The van der Waals surface area contributed by atoms with Crippen LogP contribution in [-0.2, 0) is 6.54 Å². The molecule has 26 heavy (non-hydrogen) atoms. The van der Waals surface area contributed by atoms with Gasteiger partial charge in [0.2, 0.25) is 0 Å². The number of methoxy groups -OCH3 is 1. The summed E-state index contributed by atoms with van der Waals surface area (Å²) in [6.45, 7) is 3.14. The van der Waals surface area contributed by atoms with E-state index in [0.29, 0.717) is 16.2 Å². The third kappa shape index (κ3) is 5.34. The van der Waals surface area contributed by atoms with Crippen LogP contribution < -0.4 is 15.4 Å². The molecule has 0 saturated carbocycles. The molecule has 0 atom stereocenters. The van der Waals surface area contributed by atoms with Crippen LogP contribution in [0.25, 0.3) is 0 Å². The standard InChI is InChI=1S/C20H24ClN3OS/c1-25-19-8-7-16(21)13-18(19)23-20(26)22-17-9-11-24(12-10-17)14-15-5-3-2-4-6-15/h2-8,13,17H,9-12,14H2,1H3,(H2,22,23,26). The van der Waals surface area contributed by atoms with Crippen molar-refractivity contribution in [2.24, 2.45) is 0 Å². The van der Waals surface area contributed by atoms with Gasteiger partial charge in [-0.3, -0.25) is 4.90 Å². The lowest BCUT2D eigenvalue weighted by Gasteiger charge is -2.33. The summed E-state index contributed by atoms with van der Waals surface area (Å²) in [7, 11) is 1.63. The Morgan fingerprint density at radius 1 is 1.19 bits per heavy atom. The molecular formula is C20H24ClN3OS. The molecule has 2 aromatic rings. The van der Waals surface area contributed by atoms with Crippen LogP contribution in [0.2, 0.25) is 5.02 Å². The van der Waals surface area contributed by atoms with Gasteiger partial charge < -0.3 is 15.4 Å². The minimum Gasteiger partial charge on any atom is -0.495 e. The van der Waals surface area contributed by atoms with Gasteiger partial charge in [-0.15, -0.1) is 0 Å². The molecule has 3 rings (SSSR count). The predicted molar refractivity (Wildman–Crippen MR) is 112 cm³/mol. The van der Waals surface area contributed by atoms with E-state index in [2.05, 4.69) is 45.9 Å². The molecule has 0 bridgehead atoms. The normalized spacial score (nSPS) is 15.5. The summed E-state index contributed by atoms with van der Waals surface area (Å²) in [4.78, 5) is 2.49. The Kier molecular flexibility index (Phi) is 6.72. The molecule has 4 nitrogen and oxygen atoms in total. The molecule has 1 aliphatic rings. The van der Waals surface area contributed by atoms with Crippen LogP contribution in [0.3, 0.4) is 0 Å². The predicted octanol–water partition coefficient (Wildman–Crippen LogP) is 4.30. The largest absolute Gasteiger partial charge is 0.495 e. The summed E-state index contributed by atoms with van der Waals surface area (Å²) in [5.74, 6) is 0.719. The van der Waals surface area contributed by atoms with E-state index < -0.39 is 0 Å². The topological polar surface area (TPSA) is 36.5 Å². The van der Waals surface area contributed by atoms with E-state index in [9.17, 15) is 0 Å². The monoisotopic (exact) mass is 389 g/mol. The van der Waals surface area contributed by atoms with E-state index in [4.69, 9.17) is 28.6 Å². The quantitative estimate of drug-likeness (QED) is 0.745. The van der Waals surface area contributed by atoms with Gasteiger partial charge in [0, 0.05) is 30.7 Å². The van der Waals surface area contributed by atoms with Gasteiger partial charge in [0.15, 0.2) is 5.11 Å². The van der Waals surface area contributed by atoms with Crippen LogP contribution in [0.4, 0.5) is 5.69 Å². The lowest BCUT2D eigenvalue weighted by Crippen LogP contribution is -2.45. The minimum absolute atomic E-state index is 0.382. The van der Waals surface area contributed by atoms with Gasteiger partial charge in [0.25, 0.3) is 0 Å². The molecule has 1 aliphatic heterocycles. The zero-order chi connectivity index (χ0) is 18.4. The molecule has 1 saturated heterocycles. The number of halogens is 1. The first kappa shape index (κ1) is 19.0. The molecule has 0 radical (unpaired) electrons. The van der Waals surface area contributed by atoms with Crippen molar-refractivity contribution in [3.05, 3.63) is 59.1 Å². The molecule has 1 heterocycles. The summed E-state index contributed by atoms with van der Waals surface area (Å²) < 4.78 is 5.35. The molecule has 138 valence electrons. The van der Waals surface area contributed by atoms with Gasteiger partial charge in [0.1, 0.15) is 5.75 Å². The van der Waals surface area contributed by atoms with E-state index in [0.717, 1.165) is 43.9 Å². The van der Waals surface area contributed by atoms with Crippen LogP contribution in [0.5, 0.6) is 5.75 Å². The van der Waals surface area contributed by atoms with Gasteiger partial charge in [-0.1, -0.05) is 41.9 Å². The number of hydrogen-bond acceptors (Lipinski definition) is 3. The van der Waals surface area contributed by atoms with E-state index in [-0.39, 0.29) is 0 Å². The second-order valence-corrected chi connectivity index (χ2v) is 7.32. The average Bonchev–Trinajstić information content (AvgIpc) is 2.64. The highest BCUT2D eigenvalue weighted by Gasteiger charge is 2.20. The Hall–Kier alpha value is -1.82. The van der Waals surface area contributed by atoms with E-state index in [1.165, 1.54) is 5.56 Å². The fraction of sp³-hybridized carbons (Fsp3) is 0.350. The number of nitrogens with one attached hydrogen (secondary N) is 2. The van der Waals surface area contributed by atoms with Crippen molar-refractivity contribution in [3.8, 4) is 5.75 Å². The van der Waals surface area contributed by atoms with Crippen molar-refractivity contribution >= 4 is 34.6 Å². The highest BCUT2D eigenvalue weighted by atomic mass is 35.5. The summed E-state index contributed by atoms with van der Waals surface area (Å²) in [5, 5.41) is 7.86. The van der Waals surface area contributed by atoms with Crippen molar-refractivity contribution in [1.82, 2.24) is 10.2 Å². The van der Waals surface area contributed by atoms with Gasteiger partial charge in [0.05, 0.1) is 12.8 Å². The molecule has 2 aromatic carbocycles. The summed E-state index contributed by atoms with van der Waals surface area (Å²) in [6.07, 6.45) is 2.14. The SMILES string of the molecule is COc1ccc(Cl)cc1NC(=S)NC1CCN(Cc2ccccc2)CC1. The number of thiocarbonyl (C=S) groups is 1. The number of likely N-dealkylation sites (tertiary alicyclic amines) is 1. The molecule has 2 N–H and O–H groups in total. The Morgan fingerprint density at radius 3 is 2.62 bits per heavy atom. The highest BCUT2D eigenvalue weighted by Crippen LogP contribution is 2.27. The first-order chi connectivity index (χ1) is 12.6. The molecule has 1 fully saturated rings. The number of ether oxygens (including phenoxy) is 1. The summed E-state index contributed by atoms with van der Waals surface area (Å²) in [5.41, 5.74) is 2.14. The van der Waals surface area contributed by atoms with Gasteiger partial charge in [-0.25, -0.2) is 0 Å². The molecule has 0 spiro atoms. The number of hydrogen-bond donors (Lipinski definition) is 2. The van der Waals surface area contributed by atoms with E-state index in [1.807, 2.05) is 12.1 Å². The Morgan fingerprint density at radius 2 is 1.92 bits per heavy atom. The maximum atomic E-state index is 6.07. The molecule has 0 aliphatic carbocycles. The van der Waals surface area contributed by atoms with Crippen molar-refractivity contribution in [2.75, 3.05) is 25.5 Å². The Bertz CT molecular complexity index is 733. The minimum atomic E-state index is 0.382. The van der Waals surface area contributed by atoms with E-state index >= 15 is 0 Å². The lowest BCUT2D eigenvalue weighted by atomic mass is 10.0. The maximum Gasteiger partial charge on any atom is 0.171 e. The second-order valence-electron chi connectivity index (χ2n) is 6.48. The van der Waals surface area contributed by atoms with Crippen molar-refractivity contribution in [3.63, 3.8) is 0 Å². The van der Waals surface area contributed by atoms with Gasteiger partial charge in [-0.2, -0.15) is 0 Å². The fourth-order valence-electron chi connectivity index (χ4n) is 3.20. The summed E-state index contributed by atoms with van der Waals surface area (Å²) >= 11 is 11.5. The zero-order valence-electron chi connectivity index (χ0n) is 14.9. The van der Waals surface area contributed by atoms with Crippen LogP contribution >= 0.6 is 23.8 Å². The van der Waals surface area contributed by atoms with Crippen LogP contribution in [-0.4, -0.2) is 36.3 Å². The number of nitrogens with zero attached hydrogens (tertiary/aromatic N) is 1. The zero-order valence-corrected chi connectivity index (χ0v) is 16.4.